The SMILES string of the molecule is CC1(C)C(=O)Nc2ccc(Oc3c(Cl)cc([N+](=O)[O-])cc3Cl)cc21. The topological polar surface area (TPSA) is 81.5 Å². The van der Waals surface area contributed by atoms with E-state index in [0.29, 0.717) is 5.75 Å². The molecule has 1 aliphatic heterocycles. The number of anilines is 1. The van der Waals surface area contributed by atoms with Gasteiger partial charge in [-0.1, -0.05) is 23.2 Å². The molecule has 124 valence electrons. The second-order valence-electron chi connectivity index (χ2n) is 5.88. The fourth-order valence-corrected chi connectivity index (χ4v) is 3.03. The molecule has 0 bridgehead atoms. The molecule has 6 nitrogen and oxygen atoms in total. The van der Waals surface area contributed by atoms with Gasteiger partial charge in [0.15, 0.2) is 5.75 Å². The number of nitrogens with zero attached hydrogens (tertiary/aromatic N) is 1. The van der Waals surface area contributed by atoms with Gasteiger partial charge in [-0.25, -0.2) is 0 Å². The normalized spacial score (nSPS) is 14.9. The second-order valence-corrected chi connectivity index (χ2v) is 6.70. The highest BCUT2D eigenvalue weighted by molar-refractivity contribution is 6.37. The van der Waals surface area contributed by atoms with Crippen molar-refractivity contribution in [3.05, 3.63) is 56.1 Å². The molecule has 3 rings (SSSR count). The largest absolute Gasteiger partial charge is 0.454 e. The van der Waals surface area contributed by atoms with Gasteiger partial charge in [0.1, 0.15) is 5.75 Å². The Kier molecular flexibility index (Phi) is 3.89. The number of hydrogen-bond acceptors (Lipinski definition) is 4. The molecule has 1 amide bonds. The first kappa shape index (κ1) is 16.5. The quantitative estimate of drug-likeness (QED) is 0.616. The average Bonchev–Trinajstić information content (AvgIpc) is 2.73. The van der Waals surface area contributed by atoms with Crippen LogP contribution in [0, 0.1) is 10.1 Å². The highest BCUT2D eigenvalue weighted by atomic mass is 35.5. The van der Waals surface area contributed by atoms with E-state index in [0.717, 1.165) is 11.3 Å². The van der Waals surface area contributed by atoms with Gasteiger partial charge in [0.2, 0.25) is 5.91 Å². The maximum Gasteiger partial charge on any atom is 0.272 e. The molecular formula is C16H12Cl2N2O4. The predicted molar refractivity (Wildman–Crippen MR) is 91.3 cm³/mol. The van der Waals surface area contributed by atoms with Crippen LogP contribution in [0.3, 0.4) is 0 Å². The molecule has 0 aromatic heterocycles. The molecular weight excluding hydrogens is 355 g/mol. The Balaban J connectivity index is 1.98. The number of nitro groups is 1. The molecule has 2 aromatic rings. The van der Waals surface area contributed by atoms with Crippen molar-refractivity contribution in [2.45, 2.75) is 19.3 Å². The minimum absolute atomic E-state index is 0.0307. The van der Waals surface area contributed by atoms with Gasteiger partial charge < -0.3 is 10.1 Å². The van der Waals surface area contributed by atoms with E-state index in [4.69, 9.17) is 27.9 Å². The molecule has 8 heteroatoms. The third-order valence-corrected chi connectivity index (χ3v) is 4.46. The summed E-state index contributed by atoms with van der Waals surface area (Å²) in [6, 6.07) is 7.46. The third kappa shape index (κ3) is 2.68. The van der Waals surface area contributed by atoms with Gasteiger partial charge in [-0.2, -0.15) is 0 Å². The Hall–Kier alpha value is -2.31. The monoisotopic (exact) mass is 366 g/mol. The predicted octanol–water partition coefficient (Wildman–Crippen LogP) is 4.92. The van der Waals surface area contributed by atoms with Crippen LogP contribution in [0.25, 0.3) is 0 Å². The van der Waals surface area contributed by atoms with Crippen LogP contribution < -0.4 is 10.1 Å². The van der Waals surface area contributed by atoms with E-state index in [1.54, 1.807) is 18.2 Å². The number of fused-ring (bicyclic) bond motifs is 1. The van der Waals surface area contributed by atoms with Crippen LogP contribution in [-0.4, -0.2) is 10.8 Å². The number of carbonyl (C=O) groups is 1. The van der Waals surface area contributed by atoms with Gasteiger partial charge in [-0.3, -0.25) is 14.9 Å². The molecule has 0 atom stereocenters. The summed E-state index contributed by atoms with van der Waals surface area (Å²) in [5.74, 6) is 0.455. The summed E-state index contributed by atoms with van der Waals surface area (Å²) in [6.45, 7) is 3.62. The standard InChI is InChI=1S/C16H12Cl2N2O4/c1-16(2)10-7-9(3-4-13(10)19-15(16)21)24-14-11(17)5-8(20(22)23)6-12(14)18/h3-7H,1-2H3,(H,19,21). The van der Waals surface area contributed by atoms with E-state index in [1.165, 1.54) is 12.1 Å². The first-order valence-electron chi connectivity index (χ1n) is 6.97. The molecule has 24 heavy (non-hydrogen) atoms. The van der Waals surface area contributed by atoms with Gasteiger partial charge in [-0.15, -0.1) is 0 Å². The number of nitro benzene ring substituents is 1. The lowest BCUT2D eigenvalue weighted by atomic mass is 9.86. The summed E-state index contributed by atoms with van der Waals surface area (Å²) in [7, 11) is 0. The van der Waals surface area contributed by atoms with Crippen LogP contribution in [0.4, 0.5) is 11.4 Å². The van der Waals surface area contributed by atoms with Crippen molar-refractivity contribution < 1.29 is 14.5 Å². The lowest BCUT2D eigenvalue weighted by Gasteiger charge is -2.16. The molecule has 1 heterocycles. The van der Waals surface area contributed by atoms with Crippen LogP contribution in [0.1, 0.15) is 19.4 Å². The Morgan fingerprint density at radius 3 is 2.38 bits per heavy atom. The van der Waals surface area contributed by atoms with Crippen molar-refractivity contribution in [1.82, 2.24) is 0 Å². The van der Waals surface area contributed by atoms with Crippen molar-refractivity contribution in [3.8, 4) is 11.5 Å². The number of halogens is 2. The lowest BCUT2D eigenvalue weighted by Crippen LogP contribution is -2.26. The average molecular weight is 367 g/mol. The van der Waals surface area contributed by atoms with E-state index in [9.17, 15) is 14.9 Å². The molecule has 0 unspecified atom stereocenters. The van der Waals surface area contributed by atoms with Crippen molar-refractivity contribution in [1.29, 1.82) is 0 Å². The molecule has 0 radical (unpaired) electrons. The Morgan fingerprint density at radius 1 is 1.17 bits per heavy atom. The maximum absolute atomic E-state index is 12.0. The van der Waals surface area contributed by atoms with E-state index >= 15 is 0 Å². The van der Waals surface area contributed by atoms with Crippen molar-refractivity contribution in [2.75, 3.05) is 5.32 Å². The number of ether oxygens (including phenoxy) is 1. The fraction of sp³-hybridized carbons (Fsp3) is 0.188. The first-order valence-corrected chi connectivity index (χ1v) is 7.73. The van der Waals surface area contributed by atoms with Gasteiger partial charge in [0.05, 0.1) is 20.4 Å². The van der Waals surface area contributed by atoms with Crippen LogP contribution in [0.2, 0.25) is 10.0 Å². The lowest BCUT2D eigenvalue weighted by molar-refractivity contribution is -0.384. The van der Waals surface area contributed by atoms with Crippen LogP contribution in [-0.2, 0) is 10.2 Å². The smallest absolute Gasteiger partial charge is 0.272 e. The van der Waals surface area contributed by atoms with Gasteiger partial charge >= 0.3 is 0 Å². The maximum atomic E-state index is 12.0. The highest BCUT2D eigenvalue weighted by Gasteiger charge is 2.38. The fourth-order valence-electron chi connectivity index (χ4n) is 2.48. The van der Waals surface area contributed by atoms with Gasteiger partial charge in [-0.05, 0) is 37.6 Å². The Labute approximate surface area is 147 Å². The van der Waals surface area contributed by atoms with Crippen molar-refractivity contribution in [2.24, 2.45) is 0 Å². The Morgan fingerprint density at radius 2 is 1.79 bits per heavy atom. The molecule has 0 spiro atoms. The molecule has 2 aromatic carbocycles. The van der Waals surface area contributed by atoms with E-state index in [-0.39, 0.29) is 27.4 Å². The number of nitrogens with one attached hydrogen (secondary N) is 1. The molecule has 0 saturated heterocycles. The summed E-state index contributed by atoms with van der Waals surface area (Å²) in [5, 5.41) is 13.7. The minimum Gasteiger partial charge on any atom is -0.454 e. The van der Waals surface area contributed by atoms with E-state index in [1.807, 2.05) is 13.8 Å². The van der Waals surface area contributed by atoms with Crippen LogP contribution in [0.5, 0.6) is 11.5 Å². The highest BCUT2D eigenvalue weighted by Crippen LogP contribution is 2.43. The first-order chi connectivity index (χ1) is 11.2. The third-order valence-electron chi connectivity index (χ3n) is 3.89. The molecule has 0 saturated carbocycles. The number of amides is 1. The summed E-state index contributed by atoms with van der Waals surface area (Å²) in [6.07, 6.45) is 0. The summed E-state index contributed by atoms with van der Waals surface area (Å²) >= 11 is 12.1. The zero-order chi connectivity index (χ0) is 17.6. The number of carbonyl (C=O) groups excluding carboxylic acids is 1. The number of hydrogen-bond donors (Lipinski definition) is 1. The van der Waals surface area contributed by atoms with Crippen LogP contribution in [0.15, 0.2) is 30.3 Å². The van der Waals surface area contributed by atoms with E-state index < -0.39 is 10.3 Å². The van der Waals surface area contributed by atoms with Crippen molar-refractivity contribution >= 4 is 40.5 Å². The summed E-state index contributed by atoms with van der Waals surface area (Å²) < 4.78 is 5.70. The number of benzene rings is 2. The molecule has 0 aliphatic carbocycles. The number of non-ortho nitro benzene ring substituents is 1. The van der Waals surface area contributed by atoms with Crippen molar-refractivity contribution in [3.63, 3.8) is 0 Å². The molecule has 1 aliphatic rings. The molecule has 0 fully saturated rings. The zero-order valence-corrected chi connectivity index (χ0v) is 14.2. The Bertz CT molecular complexity index is 857. The minimum atomic E-state index is -0.683. The van der Waals surface area contributed by atoms with Gasteiger partial charge in [0.25, 0.3) is 5.69 Å². The van der Waals surface area contributed by atoms with Crippen LogP contribution >= 0.6 is 23.2 Å². The zero-order valence-electron chi connectivity index (χ0n) is 12.7. The van der Waals surface area contributed by atoms with Gasteiger partial charge in [0, 0.05) is 17.8 Å². The molecule has 1 N–H and O–H groups in total. The summed E-state index contributed by atoms with van der Waals surface area (Å²) in [4.78, 5) is 22.2. The number of rotatable bonds is 3. The summed E-state index contributed by atoms with van der Waals surface area (Å²) in [5.41, 5.74) is 0.609. The second kappa shape index (κ2) is 5.65. The van der Waals surface area contributed by atoms with E-state index in [2.05, 4.69) is 5.32 Å².